The van der Waals surface area contributed by atoms with Crippen molar-refractivity contribution in [3.63, 3.8) is 0 Å². The van der Waals surface area contributed by atoms with Crippen LogP contribution in [0.5, 0.6) is 5.75 Å². The van der Waals surface area contributed by atoms with Crippen LogP contribution in [0.4, 0.5) is 5.69 Å². The second-order valence-electron chi connectivity index (χ2n) is 5.85. The average Bonchev–Trinajstić information content (AvgIpc) is 2.91. The van der Waals surface area contributed by atoms with Crippen molar-refractivity contribution in [2.45, 2.75) is 12.6 Å². The predicted octanol–water partition coefficient (Wildman–Crippen LogP) is 2.46. The van der Waals surface area contributed by atoms with Gasteiger partial charge in [0.2, 0.25) is 0 Å². The fourth-order valence-electron chi connectivity index (χ4n) is 2.85. The van der Waals surface area contributed by atoms with E-state index in [0.717, 1.165) is 11.3 Å². The average molecular weight is 353 g/mol. The second-order valence-corrected chi connectivity index (χ2v) is 5.85. The zero-order chi connectivity index (χ0) is 18.7. The molecule has 26 heavy (non-hydrogen) atoms. The first-order chi connectivity index (χ1) is 12.5. The summed E-state index contributed by atoms with van der Waals surface area (Å²) in [5.74, 6) is -0.0999. The molecular weight excluding hydrogens is 334 g/mol. The monoisotopic (exact) mass is 353 g/mol. The smallest absolute Gasteiger partial charge is 0.330 e. The molecule has 6 nitrogen and oxygen atoms in total. The van der Waals surface area contributed by atoms with E-state index in [9.17, 15) is 14.7 Å². The molecule has 1 amide bonds. The van der Waals surface area contributed by atoms with E-state index in [1.807, 2.05) is 24.3 Å². The normalized spacial score (nSPS) is 16.0. The Morgan fingerprint density at radius 2 is 1.92 bits per heavy atom. The van der Waals surface area contributed by atoms with Crippen molar-refractivity contribution >= 4 is 23.6 Å². The van der Waals surface area contributed by atoms with Crippen LogP contribution < -0.4 is 9.64 Å². The molecule has 0 saturated carbocycles. The van der Waals surface area contributed by atoms with Gasteiger partial charge in [-0.25, -0.2) is 4.79 Å². The van der Waals surface area contributed by atoms with E-state index in [1.165, 1.54) is 13.2 Å². The Morgan fingerprint density at radius 1 is 1.19 bits per heavy atom. The van der Waals surface area contributed by atoms with Gasteiger partial charge in [0.1, 0.15) is 5.75 Å². The Labute approximate surface area is 151 Å². The number of hydrogen-bond donors (Lipinski definition) is 1. The molecule has 0 radical (unpaired) electrons. The van der Waals surface area contributed by atoms with E-state index >= 15 is 0 Å². The van der Waals surface area contributed by atoms with Crippen molar-refractivity contribution < 1.29 is 24.2 Å². The van der Waals surface area contributed by atoms with Crippen molar-refractivity contribution in [2.24, 2.45) is 0 Å². The highest BCUT2D eigenvalue weighted by molar-refractivity contribution is 6.04. The van der Waals surface area contributed by atoms with Gasteiger partial charge in [-0.1, -0.05) is 18.2 Å². The molecule has 1 N–H and O–H groups in total. The number of ether oxygens (including phenoxy) is 2. The lowest BCUT2D eigenvalue weighted by Crippen LogP contribution is -2.28. The highest BCUT2D eigenvalue weighted by Gasteiger charge is 2.35. The van der Waals surface area contributed by atoms with Crippen LogP contribution >= 0.6 is 0 Å². The van der Waals surface area contributed by atoms with E-state index < -0.39 is 12.1 Å². The minimum atomic E-state index is -1.21. The first kappa shape index (κ1) is 17.7. The Hall–Kier alpha value is -3.12. The van der Waals surface area contributed by atoms with Gasteiger partial charge in [-0.05, 0) is 41.5 Å². The third-order valence-electron chi connectivity index (χ3n) is 4.25. The van der Waals surface area contributed by atoms with Crippen molar-refractivity contribution in [3.05, 3.63) is 65.2 Å². The Bertz CT molecular complexity index is 857. The zero-order valence-electron chi connectivity index (χ0n) is 14.5. The number of anilines is 1. The maximum atomic E-state index is 12.5. The molecule has 1 unspecified atom stereocenters. The molecule has 1 aliphatic rings. The van der Waals surface area contributed by atoms with Crippen LogP contribution in [0.25, 0.3) is 6.08 Å². The Morgan fingerprint density at radius 3 is 2.58 bits per heavy atom. The molecule has 6 heteroatoms. The van der Waals surface area contributed by atoms with E-state index in [4.69, 9.17) is 4.74 Å². The molecule has 0 aliphatic carbocycles. The summed E-state index contributed by atoms with van der Waals surface area (Å²) < 4.78 is 9.69. The number of nitrogens with zero attached hydrogens (tertiary/aromatic N) is 1. The van der Waals surface area contributed by atoms with Gasteiger partial charge in [-0.3, -0.25) is 4.79 Å². The van der Waals surface area contributed by atoms with Gasteiger partial charge in [0.15, 0.2) is 6.10 Å². The lowest BCUT2D eigenvalue weighted by atomic mass is 10.1. The predicted molar refractivity (Wildman–Crippen MR) is 96.6 cm³/mol. The molecule has 134 valence electrons. The lowest BCUT2D eigenvalue weighted by Gasteiger charge is -2.17. The molecule has 0 bridgehead atoms. The van der Waals surface area contributed by atoms with Crippen molar-refractivity contribution in [1.82, 2.24) is 0 Å². The lowest BCUT2D eigenvalue weighted by molar-refractivity contribution is -0.134. The minimum Gasteiger partial charge on any atom is -0.497 e. The Balaban J connectivity index is 1.85. The number of amides is 1. The number of rotatable bonds is 5. The van der Waals surface area contributed by atoms with Crippen LogP contribution in [-0.2, 0) is 20.9 Å². The number of aliphatic hydroxyl groups is 1. The number of fused-ring (bicyclic) bond motifs is 1. The summed E-state index contributed by atoms with van der Waals surface area (Å²) in [6.45, 7) is 0.351. The zero-order valence-corrected chi connectivity index (χ0v) is 14.5. The number of benzene rings is 2. The van der Waals surface area contributed by atoms with Crippen LogP contribution in [0.15, 0.2) is 48.5 Å². The number of hydrogen-bond acceptors (Lipinski definition) is 5. The molecule has 3 rings (SSSR count). The molecule has 2 aromatic carbocycles. The third-order valence-corrected chi connectivity index (χ3v) is 4.25. The first-order valence-corrected chi connectivity index (χ1v) is 8.06. The molecule has 0 fully saturated rings. The largest absolute Gasteiger partial charge is 0.497 e. The molecule has 0 aromatic heterocycles. The van der Waals surface area contributed by atoms with Crippen molar-refractivity contribution in [2.75, 3.05) is 19.1 Å². The topological polar surface area (TPSA) is 76.1 Å². The van der Waals surface area contributed by atoms with E-state index in [0.29, 0.717) is 23.4 Å². The Kier molecular flexibility index (Phi) is 5.04. The maximum absolute atomic E-state index is 12.5. The van der Waals surface area contributed by atoms with Crippen LogP contribution in [0.3, 0.4) is 0 Å². The number of aliphatic hydroxyl groups excluding tert-OH is 1. The van der Waals surface area contributed by atoms with Gasteiger partial charge in [-0.15, -0.1) is 0 Å². The fourth-order valence-corrected chi connectivity index (χ4v) is 2.85. The van der Waals surface area contributed by atoms with Crippen LogP contribution in [0, 0.1) is 0 Å². The van der Waals surface area contributed by atoms with Crippen LogP contribution in [0.1, 0.15) is 22.8 Å². The highest BCUT2D eigenvalue weighted by atomic mass is 16.5. The molecule has 0 spiro atoms. The third kappa shape index (κ3) is 3.45. The highest BCUT2D eigenvalue weighted by Crippen LogP contribution is 2.37. The summed E-state index contributed by atoms with van der Waals surface area (Å²) in [6, 6.07) is 12.7. The molecule has 1 heterocycles. The second kappa shape index (κ2) is 7.41. The summed E-state index contributed by atoms with van der Waals surface area (Å²) >= 11 is 0. The van der Waals surface area contributed by atoms with Gasteiger partial charge in [-0.2, -0.15) is 0 Å². The fraction of sp³-hybridized carbons (Fsp3) is 0.200. The van der Waals surface area contributed by atoms with Crippen LogP contribution in [0.2, 0.25) is 0 Å². The maximum Gasteiger partial charge on any atom is 0.330 e. The molecule has 0 saturated heterocycles. The van der Waals surface area contributed by atoms with Gasteiger partial charge in [0.05, 0.1) is 26.5 Å². The number of esters is 1. The molecule has 1 aliphatic heterocycles. The summed E-state index contributed by atoms with van der Waals surface area (Å²) in [5, 5.41) is 10.3. The summed E-state index contributed by atoms with van der Waals surface area (Å²) in [7, 11) is 2.90. The summed E-state index contributed by atoms with van der Waals surface area (Å²) in [5.41, 5.74) is 2.81. The number of carbonyl (C=O) groups is 2. The van der Waals surface area contributed by atoms with Crippen LogP contribution in [-0.4, -0.2) is 31.2 Å². The van der Waals surface area contributed by atoms with E-state index in [-0.39, 0.29) is 5.91 Å². The number of carbonyl (C=O) groups excluding carboxylic acids is 2. The molecule has 2 aromatic rings. The first-order valence-electron chi connectivity index (χ1n) is 8.06. The molecular formula is C20H19NO5. The minimum absolute atomic E-state index is 0.351. The quantitative estimate of drug-likeness (QED) is 0.660. The van der Waals surface area contributed by atoms with Crippen molar-refractivity contribution in [3.8, 4) is 5.75 Å². The van der Waals surface area contributed by atoms with E-state index in [2.05, 4.69) is 4.74 Å². The van der Waals surface area contributed by atoms with Gasteiger partial charge < -0.3 is 19.5 Å². The number of methoxy groups -OCH3 is 2. The van der Waals surface area contributed by atoms with Crippen molar-refractivity contribution in [1.29, 1.82) is 0 Å². The summed E-state index contributed by atoms with van der Waals surface area (Å²) in [6.07, 6.45) is 1.66. The SMILES string of the molecule is COC(=O)/C=C/c1ccc2c(c1)C(O)C(=O)N2Cc1ccc(OC)cc1. The van der Waals surface area contributed by atoms with Gasteiger partial charge in [0, 0.05) is 11.6 Å². The standard InChI is InChI=1S/C20H19NO5/c1-25-15-7-3-14(4-8-15)12-21-17-9-5-13(6-10-18(22)26-2)11-16(17)19(23)20(21)24/h3-11,19,23H,12H2,1-2H3/b10-6+. The van der Waals surface area contributed by atoms with Gasteiger partial charge in [0.25, 0.3) is 5.91 Å². The van der Waals surface area contributed by atoms with Gasteiger partial charge >= 0.3 is 5.97 Å². The summed E-state index contributed by atoms with van der Waals surface area (Å²) in [4.78, 5) is 25.2. The molecule has 1 atom stereocenters. The van der Waals surface area contributed by atoms with E-state index in [1.54, 1.807) is 36.3 Å².